The first kappa shape index (κ1) is 33.0. The van der Waals surface area contributed by atoms with Gasteiger partial charge in [0.2, 0.25) is 0 Å². The maximum absolute atomic E-state index is 4.71. The molecule has 0 spiro atoms. The average Bonchev–Trinajstić information content (AvgIpc) is 3.69. The van der Waals surface area contributed by atoms with Crippen molar-refractivity contribution in [3.05, 3.63) is 157 Å². The Morgan fingerprint density at radius 2 is 0.808 bits per heavy atom. The fourth-order valence-electron chi connectivity index (χ4n) is 7.41. The smallest absolute Gasteiger partial charge is 0.0590 e. The van der Waals surface area contributed by atoms with E-state index in [4.69, 9.17) is 10.2 Å². The molecule has 2 heterocycles. The number of nitrogens with zero attached hydrogens (tertiary/aromatic N) is 6. The molecular formula is C46H44N6. The van der Waals surface area contributed by atoms with Gasteiger partial charge in [0.05, 0.1) is 23.8 Å². The predicted octanol–water partition coefficient (Wildman–Crippen LogP) is 11.1. The van der Waals surface area contributed by atoms with Crippen molar-refractivity contribution in [3.63, 3.8) is 0 Å². The molecule has 0 amide bonds. The molecule has 258 valence electrons. The molecule has 0 bridgehead atoms. The zero-order valence-electron chi connectivity index (χ0n) is 29.9. The highest BCUT2D eigenvalue weighted by Gasteiger charge is 2.13. The van der Waals surface area contributed by atoms with E-state index in [0.717, 1.165) is 48.4 Å². The minimum absolute atomic E-state index is 1.01. The summed E-state index contributed by atoms with van der Waals surface area (Å²) >= 11 is 0. The van der Waals surface area contributed by atoms with Gasteiger partial charge < -0.3 is 9.13 Å². The van der Waals surface area contributed by atoms with Crippen molar-refractivity contribution in [1.82, 2.24) is 9.13 Å². The van der Waals surface area contributed by atoms with E-state index in [1.807, 2.05) is 72.9 Å². The molecule has 6 aromatic carbocycles. The first-order chi connectivity index (χ1) is 25.6. The predicted molar refractivity (Wildman–Crippen MR) is 222 cm³/mol. The van der Waals surface area contributed by atoms with Crippen LogP contribution in [-0.4, -0.2) is 35.7 Å². The number of anilines is 2. The number of hydrogen-bond donors (Lipinski definition) is 0. The molecule has 0 aliphatic rings. The SMILES string of the molecule is CN(/N=C/c1ccc2c(c1)c1ccccc1n2CCCCCCn1c2ccccc2c2cc(/C=N/N(C)c3ccccc3)ccc21)c1ccccc1. The number of para-hydroxylation sites is 4. The van der Waals surface area contributed by atoms with Gasteiger partial charge in [-0.05, 0) is 84.6 Å². The standard InChI is InChI=1S/C46H44N6/c1-49(37-17-7-5-8-18-37)47-33-35-25-27-45-41(31-35)39-21-11-13-23-43(39)51(45)29-15-3-4-16-30-52-44-24-14-12-22-40(44)42-32-36(26-28-46(42)52)34-48-50(2)38-19-9-6-10-20-38/h5-14,17-28,31-34H,3-4,15-16,29-30H2,1-2H3/b47-33+,48-34+. The van der Waals surface area contributed by atoms with E-state index in [2.05, 4.69) is 118 Å². The third-order valence-electron chi connectivity index (χ3n) is 10.1. The highest BCUT2D eigenvalue weighted by Crippen LogP contribution is 2.32. The Morgan fingerprint density at radius 3 is 1.25 bits per heavy atom. The molecule has 52 heavy (non-hydrogen) atoms. The second kappa shape index (κ2) is 15.0. The van der Waals surface area contributed by atoms with Gasteiger partial charge in [-0.1, -0.05) is 97.8 Å². The Bertz CT molecular complexity index is 2330. The topological polar surface area (TPSA) is 41.1 Å². The van der Waals surface area contributed by atoms with Crippen LogP contribution < -0.4 is 10.0 Å². The van der Waals surface area contributed by atoms with E-state index in [-0.39, 0.29) is 0 Å². The van der Waals surface area contributed by atoms with E-state index >= 15 is 0 Å². The Balaban J connectivity index is 0.926. The van der Waals surface area contributed by atoms with Gasteiger partial charge in [-0.25, -0.2) is 0 Å². The molecule has 8 rings (SSSR count). The van der Waals surface area contributed by atoms with Crippen LogP contribution >= 0.6 is 0 Å². The molecular weight excluding hydrogens is 637 g/mol. The summed E-state index contributed by atoms with van der Waals surface area (Å²) in [5.41, 5.74) is 9.51. The lowest BCUT2D eigenvalue weighted by Crippen LogP contribution is -2.08. The fraction of sp³-hybridized carbons (Fsp3) is 0.174. The average molecular weight is 681 g/mol. The lowest BCUT2D eigenvalue weighted by molar-refractivity contribution is 0.559. The number of hydrogen-bond acceptors (Lipinski definition) is 4. The van der Waals surface area contributed by atoms with Crippen molar-refractivity contribution in [3.8, 4) is 0 Å². The molecule has 0 saturated carbocycles. The summed E-state index contributed by atoms with van der Waals surface area (Å²) in [6, 6.07) is 51.5. The van der Waals surface area contributed by atoms with Crippen LogP contribution in [0.5, 0.6) is 0 Å². The lowest BCUT2D eigenvalue weighted by atomic mass is 10.1. The van der Waals surface area contributed by atoms with Crippen LogP contribution in [0.25, 0.3) is 43.6 Å². The number of benzene rings is 6. The molecule has 6 heteroatoms. The molecule has 0 saturated heterocycles. The fourth-order valence-corrected chi connectivity index (χ4v) is 7.41. The van der Waals surface area contributed by atoms with Crippen molar-refractivity contribution < 1.29 is 0 Å². The van der Waals surface area contributed by atoms with E-state index in [1.54, 1.807) is 0 Å². The monoisotopic (exact) mass is 680 g/mol. The number of fused-ring (bicyclic) bond motifs is 6. The van der Waals surface area contributed by atoms with Crippen molar-refractivity contribution in [1.29, 1.82) is 0 Å². The summed E-state index contributed by atoms with van der Waals surface area (Å²) in [6.45, 7) is 2.01. The van der Waals surface area contributed by atoms with Gasteiger partial charge in [0.25, 0.3) is 0 Å². The summed E-state index contributed by atoms with van der Waals surface area (Å²) < 4.78 is 5.01. The van der Waals surface area contributed by atoms with Gasteiger partial charge >= 0.3 is 0 Å². The largest absolute Gasteiger partial charge is 0.340 e. The Labute approximate surface area is 305 Å². The number of aromatic nitrogens is 2. The van der Waals surface area contributed by atoms with Crippen LogP contribution in [0.1, 0.15) is 36.8 Å². The number of hydrazone groups is 2. The van der Waals surface area contributed by atoms with Crippen LogP contribution in [0.2, 0.25) is 0 Å². The van der Waals surface area contributed by atoms with Gasteiger partial charge in [0.1, 0.15) is 0 Å². The van der Waals surface area contributed by atoms with Crippen LogP contribution in [0, 0.1) is 0 Å². The Hall–Kier alpha value is -6.14. The van der Waals surface area contributed by atoms with Gasteiger partial charge in [0.15, 0.2) is 0 Å². The Morgan fingerprint density at radius 1 is 0.423 bits per heavy atom. The van der Waals surface area contributed by atoms with E-state index in [0.29, 0.717) is 0 Å². The van der Waals surface area contributed by atoms with E-state index in [9.17, 15) is 0 Å². The summed E-state index contributed by atoms with van der Waals surface area (Å²) in [5, 5.41) is 18.4. The lowest BCUT2D eigenvalue weighted by Gasteiger charge is -2.12. The third-order valence-corrected chi connectivity index (χ3v) is 10.1. The normalized spacial score (nSPS) is 12.0. The second-order valence-corrected chi connectivity index (χ2v) is 13.5. The summed E-state index contributed by atoms with van der Waals surface area (Å²) in [5.74, 6) is 0. The van der Waals surface area contributed by atoms with Gasteiger partial charge in [-0.15, -0.1) is 0 Å². The number of aryl methyl sites for hydroxylation is 2. The van der Waals surface area contributed by atoms with E-state index < -0.39 is 0 Å². The molecule has 0 aliphatic heterocycles. The highest BCUT2D eigenvalue weighted by atomic mass is 15.4. The third kappa shape index (κ3) is 6.80. The maximum atomic E-state index is 4.71. The zero-order valence-corrected chi connectivity index (χ0v) is 29.9. The van der Waals surface area contributed by atoms with Crippen LogP contribution in [0.15, 0.2) is 156 Å². The minimum atomic E-state index is 1.01. The number of unbranched alkanes of at least 4 members (excludes halogenated alkanes) is 3. The van der Waals surface area contributed by atoms with Crippen molar-refractivity contribution in [2.75, 3.05) is 24.1 Å². The van der Waals surface area contributed by atoms with Crippen molar-refractivity contribution in [2.24, 2.45) is 10.2 Å². The summed E-state index contributed by atoms with van der Waals surface area (Å²) in [4.78, 5) is 0. The molecule has 0 radical (unpaired) electrons. The molecule has 2 aromatic heterocycles. The molecule has 0 unspecified atom stereocenters. The minimum Gasteiger partial charge on any atom is -0.340 e. The van der Waals surface area contributed by atoms with Crippen LogP contribution in [0.4, 0.5) is 11.4 Å². The molecule has 8 aromatic rings. The van der Waals surface area contributed by atoms with Crippen molar-refractivity contribution >= 4 is 67.4 Å². The van der Waals surface area contributed by atoms with Gasteiger partial charge in [-0.3, -0.25) is 10.0 Å². The van der Waals surface area contributed by atoms with E-state index in [1.165, 1.54) is 56.5 Å². The quantitative estimate of drug-likeness (QED) is 0.0691. The first-order valence-corrected chi connectivity index (χ1v) is 18.3. The van der Waals surface area contributed by atoms with Crippen LogP contribution in [0.3, 0.4) is 0 Å². The summed E-state index contributed by atoms with van der Waals surface area (Å²) in [6.07, 6.45) is 8.58. The Kier molecular flexibility index (Phi) is 9.53. The van der Waals surface area contributed by atoms with Crippen molar-refractivity contribution in [2.45, 2.75) is 38.8 Å². The van der Waals surface area contributed by atoms with Crippen LogP contribution in [-0.2, 0) is 13.1 Å². The molecule has 0 fully saturated rings. The highest BCUT2D eigenvalue weighted by molar-refractivity contribution is 6.10. The molecule has 0 atom stereocenters. The molecule has 6 nitrogen and oxygen atoms in total. The zero-order chi connectivity index (χ0) is 35.3. The van der Waals surface area contributed by atoms with Gasteiger partial charge in [-0.2, -0.15) is 10.2 Å². The number of rotatable bonds is 13. The van der Waals surface area contributed by atoms with Gasteiger partial charge in [0, 0.05) is 70.8 Å². The maximum Gasteiger partial charge on any atom is 0.0590 e. The molecule has 0 N–H and O–H groups in total. The first-order valence-electron chi connectivity index (χ1n) is 18.3. The molecule has 0 aliphatic carbocycles. The summed E-state index contributed by atoms with van der Waals surface area (Å²) in [7, 11) is 3.97. The second-order valence-electron chi connectivity index (χ2n) is 13.5.